The van der Waals surface area contributed by atoms with Crippen LogP contribution in [0.5, 0.6) is 0 Å². The van der Waals surface area contributed by atoms with E-state index in [9.17, 15) is 9.59 Å². The highest BCUT2D eigenvalue weighted by molar-refractivity contribution is 5.99. The van der Waals surface area contributed by atoms with Crippen LogP contribution >= 0.6 is 0 Å². The van der Waals surface area contributed by atoms with Gasteiger partial charge in [-0.05, 0) is 45.4 Å². The molecule has 1 aliphatic carbocycles. The van der Waals surface area contributed by atoms with Crippen molar-refractivity contribution in [3.8, 4) is 0 Å². The first-order valence-electron chi connectivity index (χ1n) is 8.40. The normalized spacial score (nSPS) is 28.7. The number of hydrogen-bond acceptors (Lipinski definition) is 2. The van der Waals surface area contributed by atoms with Gasteiger partial charge >= 0.3 is 0 Å². The second-order valence-electron chi connectivity index (χ2n) is 7.65. The Hall–Kier alpha value is -1.06. The van der Waals surface area contributed by atoms with Gasteiger partial charge in [0.05, 0.1) is 0 Å². The van der Waals surface area contributed by atoms with E-state index in [2.05, 4.69) is 12.2 Å². The summed E-state index contributed by atoms with van der Waals surface area (Å²) in [5.74, 6) is 0.734. The van der Waals surface area contributed by atoms with Gasteiger partial charge in [0.15, 0.2) is 0 Å². The topological polar surface area (TPSA) is 49.4 Å². The molecule has 0 radical (unpaired) electrons. The number of amides is 2. The SMILES string of the molecule is CC(C)C1C(=O)NC(C)(C)C(=O)N1C(C)C1CCCCC1. The molecule has 2 aliphatic rings. The first-order valence-corrected chi connectivity index (χ1v) is 8.40. The van der Waals surface area contributed by atoms with Crippen LogP contribution in [0.25, 0.3) is 0 Å². The largest absolute Gasteiger partial charge is 0.340 e. The van der Waals surface area contributed by atoms with Crippen LogP contribution in [0, 0.1) is 11.8 Å². The van der Waals surface area contributed by atoms with Gasteiger partial charge in [-0.25, -0.2) is 0 Å². The molecule has 2 unspecified atom stereocenters. The molecule has 21 heavy (non-hydrogen) atoms. The molecule has 2 amide bonds. The Bertz CT molecular complexity index is 411. The molecule has 1 N–H and O–H groups in total. The Morgan fingerprint density at radius 1 is 1.10 bits per heavy atom. The molecular formula is C17H30N2O2. The van der Waals surface area contributed by atoms with Gasteiger partial charge in [-0.15, -0.1) is 0 Å². The van der Waals surface area contributed by atoms with E-state index in [1.165, 1.54) is 32.1 Å². The van der Waals surface area contributed by atoms with Crippen LogP contribution in [-0.2, 0) is 9.59 Å². The number of piperazine rings is 1. The highest BCUT2D eigenvalue weighted by Crippen LogP contribution is 2.33. The molecule has 2 atom stereocenters. The summed E-state index contributed by atoms with van der Waals surface area (Å²) in [6.07, 6.45) is 6.16. The third-order valence-corrected chi connectivity index (χ3v) is 5.18. The molecule has 0 spiro atoms. The Labute approximate surface area is 128 Å². The van der Waals surface area contributed by atoms with E-state index < -0.39 is 5.54 Å². The number of nitrogens with zero attached hydrogens (tertiary/aromatic N) is 1. The van der Waals surface area contributed by atoms with Crippen molar-refractivity contribution >= 4 is 11.8 Å². The van der Waals surface area contributed by atoms with Gasteiger partial charge in [-0.1, -0.05) is 33.1 Å². The maximum absolute atomic E-state index is 12.9. The Balaban J connectivity index is 2.29. The molecule has 4 nitrogen and oxygen atoms in total. The molecule has 120 valence electrons. The molecule has 1 heterocycles. The van der Waals surface area contributed by atoms with Gasteiger partial charge in [0.2, 0.25) is 11.8 Å². The summed E-state index contributed by atoms with van der Waals surface area (Å²) in [4.78, 5) is 27.3. The average molecular weight is 294 g/mol. The van der Waals surface area contributed by atoms with Crippen LogP contribution in [0.3, 0.4) is 0 Å². The maximum Gasteiger partial charge on any atom is 0.248 e. The lowest BCUT2D eigenvalue weighted by Crippen LogP contribution is -2.71. The van der Waals surface area contributed by atoms with Gasteiger partial charge in [-0.2, -0.15) is 0 Å². The Morgan fingerprint density at radius 2 is 1.67 bits per heavy atom. The maximum atomic E-state index is 12.9. The van der Waals surface area contributed by atoms with Crippen molar-refractivity contribution in [3.05, 3.63) is 0 Å². The van der Waals surface area contributed by atoms with Gasteiger partial charge in [0, 0.05) is 6.04 Å². The van der Waals surface area contributed by atoms with Crippen molar-refractivity contribution in [2.45, 2.75) is 84.3 Å². The van der Waals surface area contributed by atoms with Crippen molar-refractivity contribution in [1.29, 1.82) is 0 Å². The number of hydrogen-bond donors (Lipinski definition) is 1. The van der Waals surface area contributed by atoms with Gasteiger partial charge in [0.25, 0.3) is 0 Å². The zero-order chi connectivity index (χ0) is 15.8. The highest BCUT2D eigenvalue weighted by Gasteiger charge is 2.49. The molecule has 0 aromatic carbocycles. The zero-order valence-corrected chi connectivity index (χ0v) is 14.1. The molecular weight excluding hydrogens is 264 g/mol. The number of carbonyl (C=O) groups is 2. The summed E-state index contributed by atoms with van der Waals surface area (Å²) in [5.41, 5.74) is -0.786. The van der Waals surface area contributed by atoms with Crippen LogP contribution in [-0.4, -0.2) is 34.3 Å². The third kappa shape index (κ3) is 3.09. The molecule has 0 bridgehead atoms. The van der Waals surface area contributed by atoms with Crippen molar-refractivity contribution in [2.24, 2.45) is 11.8 Å². The zero-order valence-electron chi connectivity index (χ0n) is 14.1. The summed E-state index contributed by atoms with van der Waals surface area (Å²) in [5, 5.41) is 2.89. The minimum Gasteiger partial charge on any atom is -0.340 e. The fourth-order valence-electron chi connectivity index (χ4n) is 3.92. The lowest BCUT2D eigenvalue weighted by Gasteiger charge is -2.49. The Morgan fingerprint density at radius 3 is 2.19 bits per heavy atom. The van der Waals surface area contributed by atoms with Crippen molar-refractivity contribution in [1.82, 2.24) is 10.2 Å². The van der Waals surface area contributed by atoms with Crippen molar-refractivity contribution in [2.75, 3.05) is 0 Å². The van der Waals surface area contributed by atoms with Crippen LogP contribution in [0.15, 0.2) is 0 Å². The van der Waals surface area contributed by atoms with E-state index in [-0.39, 0.29) is 29.8 Å². The summed E-state index contributed by atoms with van der Waals surface area (Å²) in [6, 6.07) is -0.182. The van der Waals surface area contributed by atoms with Crippen LogP contribution < -0.4 is 5.32 Å². The van der Waals surface area contributed by atoms with Crippen molar-refractivity contribution < 1.29 is 9.59 Å². The van der Waals surface area contributed by atoms with E-state index in [4.69, 9.17) is 0 Å². The van der Waals surface area contributed by atoms with Gasteiger partial charge in [0.1, 0.15) is 11.6 Å². The number of nitrogens with one attached hydrogen (secondary N) is 1. The summed E-state index contributed by atoms with van der Waals surface area (Å²) in [6.45, 7) is 9.81. The predicted molar refractivity (Wildman–Crippen MR) is 83.7 cm³/mol. The van der Waals surface area contributed by atoms with Gasteiger partial charge < -0.3 is 10.2 Å². The van der Waals surface area contributed by atoms with E-state index in [0.29, 0.717) is 5.92 Å². The first kappa shape index (κ1) is 16.3. The third-order valence-electron chi connectivity index (χ3n) is 5.18. The van der Waals surface area contributed by atoms with E-state index >= 15 is 0 Å². The molecule has 0 aromatic heterocycles. The van der Waals surface area contributed by atoms with E-state index in [1.807, 2.05) is 32.6 Å². The van der Waals surface area contributed by atoms with E-state index in [1.54, 1.807) is 0 Å². The monoisotopic (exact) mass is 294 g/mol. The van der Waals surface area contributed by atoms with Crippen molar-refractivity contribution in [3.63, 3.8) is 0 Å². The smallest absolute Gasteiger partial charge is 0.248 e. The number of rotatable bonds is 3. The second-order valence-corrected chi connectivity index (χ2v) is 7.65. The quantitative estimate of drug-likeness (QED) is 0.870. The lowest BCUT2D eigenvalue weighted by molar-refractivity contribution is -0.159. The summed E-state index contributed by atoms with van der Waals surface area (Å²) in [7, 11) is 0. The average Bonchev–Trinajstić information content (AvgIpc) is 2.41. The van der Waals surface area contributed by atoms with Crippen LogP contribution in [0.2, 0.25) is 0 Å². The number of carbonyl (C=O) groups excluding carboxylic acids is 2. The van der Waals surface area contributed by atoms with Crippen LogP contribution in [0.4, 0.5) is 0 Å². The van der Waals surface area contributed by atoms with E-state index in [0.717, 1.165) is 0 Å². The molecule has 1 aliphatic heterocycles. The fourth-order valence-corrected chi connectivity index (χ4v) is 3.92. The molecule has 2 fully saturated rings. The van der Waals surface area contributed by atoms with Gasteiger partial charge in [-0.3, -0.25) is 9.59 Å². The Kier molecular flexibility index (Phi) is 4.64. The highest BCUT2D eigenvalue weighted by atomic mass is 16.2. The molecule has 1 saturated heterocycles. The summed E-state index contributed by atoms with van der Waals surface area (Å²) >= 11 is 0. The predicted octanol–water partition coefficient (Wildman–Crippen LogP) is 2.72. The minimum atomic E-state index is -0.786. The first-order chi connectivity index (χ1) is 9.75. The second kappa shape index (κ2) is 5.98. The lowest BCUT2D eigenvalue weighted by atomic mass is 9.81. The van der Waals surface area contributed by atoms with Crippen LogP contribution in [0.1, 0.15) is 66.7 Å². The molecule has 4 heteroatoms. The molecule has 1 saturated carbocycles. The minimum absolute atomic E-state index is 0.00254. The fraction of sp³-hybridized carbons (Fsp3) is 0.882. The molecule has 2 rings (SSSR count). The summed E-state index contributed by atoms with van der Waals surface area (Å²) < 4.78 is 0. The standard InChI is InChI=1S/C17H30N2O2/c1-11(2)14-15(20)18-17(4,5)16(21)19(14)12(3)13-9-7-6-8-10-13/h11-14H,6-10H2,1-5H3,(H,18,20). The molecule has 0 aromatic rings.